The molecule has 0 unspecified atom stereocenters. The Kier molecular flexibility index (Phi) is 11.8. The predicted octanol–water partition coefficient (Wildman–Crippen LogP) is 4.13. The summed E-state index contributed by atoms with van der Waals surface area (Å²) in [5.74, 6) is 0.501. The average Bonchev–Trinajstić information content (AvgIpc) is 3.28. The molecule has 0 aromatic heterocycles. The van der Waals surface area contributed by atoms with Crippen molar-refractivity contribution in [2.45, 2.75) is 89.8 Å². The molecule has 0 saturated carbocycles. The third-order valence-corrected chi connectivity index (χ3v) is 6.30. The first-order valence-corrected chi connectivity index (χ1v) is 11.7. The van der Waals surface area contributed by atoms with Crippen molar-refractivity contribution in [2.75, 3.05) is 26.2 Å². The Morgan fingerprint density at radius 2 is 1.71 bits per heavy atom. The van der Waals surface area contributed by atoms with Gasteiger partial charge in [0.25, 0.3) is 0 Å². The van der Waals surface area contributed by atoms with Crippen LogP contribution in [0.4, 0.5) is 0 Å². The number of carboxylic acids is 1. The molecule has 2 aliphatic rings. The van der Waals surface area contributed by atoms with Crippen molar-refractivity contribution in [3.05, 3.63) is 12.2 Å². The molecule has 0 radical (unpaired) electrons. The topological polar surface area (TPSA) is 70.6 Å². The molecule has 2 saturated heterocycles. The first-order valence-electron chi connectivity index (χ1n) is 11.7. The zero-order valence-corrected chi connectivity index (χ0v) is 17.8. The van der Waals surface area contributed by atoms with Gasteiger partial charge in [0.15, 0.2) is 0 Å². The maximum Gasteiger partial charge on any atom is 0.327 e. The number of ether oxygens (including phenoxy) is 1. The number of carbonyl (C=O) groups is 1. The highest BCUT2D eigenvalue weighted by Crippen LogP contribution is 2.45. The zero-order chi connectivity index (χ0) is 20.0. The van der Waals surface area contributed by atoms with Gasteiger partial charge in [-0.3, -0.25) is 0 Å². The number of hydrogen-bond donors (Lipinski definition) is 3. The largest absolute Gasteiger partial charge is 0.478 e. The Labute approximate surface area is 171 Å². The molecule has 162 valence electrons. The molecule has 0 amide bonds. The maximum absolute atomic E-state index is 10.5. The van der Waals surface area contributed by atoms with Crippen LogP contribution in [0.5, 0.6) is 0 Å². The lowest BCUT2D eigenvalue weighted by atomic mass is 9.76. The molecule has 4 atom stereocenters. The van der Waals surface area contributed by atoms with E-state index in [1.54, 1.807) is 6.08 Å². The van der Waals surface area contributed by atoms with Crippen LogP contribution in [0.15, 0.2) is 12.2 Å². The van der Waals surface area contributed by atoms with Gasteiger partial charge in [0.1, 0.15) is 0 Å². The number of allylic oxidation sites excluding steroid dienone is 1. The first kappa shape index (κ1) is 23.4. The molecule has 28 heavy (non-hydrogen) atoms. The molecule has 0 aromatic rings. The van der Waals surface area contributed by atoms with Crippen LogP contribution < -0.4 is 10.6 Å². The Bertz CT molecular complexity index is 455. The summed E-state index contributed by atoms with van der Waals surface area (Å²) in [4.78, 5) is 10.5. The van der Waals surface area contributed by atoms with E-state index in [9.17, 15) is 4.79 Å². The van der Waals surface area contributed by atoms with Gasteiger partial charge < -0.3 is 20.5 Å². The van der Waals surface area contributed by atoms with Gasteiger partial charge in [-0.2, -0.15) is 0 Å². The summed E-state index contributed by atoms with van der Waals surface area (Å²) in [6.07, 6.45) is 17.2. The highest BCUT2D eigenvalue weighted by atomic mass is 16.5. The quantitative estimate of drug-likeness (QED) is 0.256. The molecule has 2 fully saturated rings. The average molecular weight is 395 g/mol. The van der Waals surface area contributed by atoms with Crippen molar-refractivity contribution in [3.8, 4) is 0 Å². The number of carboxylic acid groups (broad SMARTS) is 1. The van der Waals surface area contributed by atoms with E-state index in [0.29, 0.717) is 24.0 Å². The summed E-state index contributed by atoms with van der Waals surface area (Å²) in [6, 6.07) is 0. The lowest BCUT2D eigenvalue weighted by molar-refractivity contribution is -0.131. The van der Waals surface area contributed by atoms with E-state index in [-0.39, 0.29) is 0 Å². The van der Waals surface area contributed by atoms with E-state index in [2.05, 4.69) is 17.6 Å². The third kappa shape index (κ3) is 8.62. The molecule has 2 aliphatic heterocycles. The van der Waals surface area contributed by atoms with Gasteiger partial charge in [-0.15, -0.1) is 0 Å². The molecular formula is C23H42N2O3. The molecule has 0 spiro atoms. The summed E-state index contributed by atoms with van der Waals surface area (Å²) in [7, 11) is 0. The van der Waals surface area contributed by atoms with E-state index in [1.807, 2.05) is 0 Å². The minimum absolute atomic E-state index is 0.464. The van der Waals surface area contributed by atoms with E-state index in [4.69, 9.17) is 9.84 Å². The maximum atomic E-state index is 10.5. The summed E-state index contributed by atoms with van der Waals surface area (Å²) in [5, 5.41) is 15.9. The number of fused-ring (bicyclic) bond motifs is 2. The molecule has 2 heterocycles. The van der Waals surface area contributed by atoms with Crippen molar-refractivity contribution in [1.29, 1.82) is 0 Å². The molecule has 5 heteroatoms. The van der Waals surface area contributed by atoms with Crippen LogP contribution >= 0.6 is 0 Å². The van der Waals surface area contributed by atoms with Crippen LogP contribution in [-0.4, -0.2) is 49.5 Å². The van der Waals surface area contributed by atoms with Crippen LogP contribution in [0, 0.1) is 11.8 Å². The Balaban J connectivity index is 1.53. The normalized spacial score (nSPS) is 26.5. The second-order valence-corrected chi connectivity index (χ2v) is 8.51. The van der Waals surface area contributed by atoms with Crippen molar-refractivity contribution < 1.29 is 14.6 Å². The van der Waals surface area contributed by atoms with Gasteiger partial charge in [0.2, 0.25) is 0 Å². The Hall–Kier alpha value is -0.910. The summed E-state index contributed by atoms with van der Waals surface area (Å²) < 4.78 is 6.21. The van der Waals surface area contributed by atoms with E-state index in [1.165, 1.54) is 63.9 Å². The van der Waals surface area contributed by atoms with Crippen molar-refractivity contribution in [1.82, 2.24) is 10.6 Å². The molecule has 2 rings (SSSR count). The lowest BCUT2D eigenvalue weighted by Crippen LogP contribution is -2.36. The van der Waals surface area contributed by atoms with Crippen LogP contribution in [0.2, 0.25) is 0 Å². The summed E-state index contributed by atoms with van der Waals surface area (Å²) in [5.41, 5.74) is 0. The van der Waals surface area contributed by atoms with Crippen molar-refractivity contribution in [2.24, 2.45) is 11.8 Å². The van der Waals surface area contributed by atoms with Gasteiger partial charge in [0.05, 0.1) is 12.2 Å². The van der Waals surface area contributed by atoms with Crippen LogP contribution in [0.3, 0.4) is 0 Å². The minimum atomic E-state index is -0.848. The van der Waals surface area contributed by atoms with E-state index in [0.717, 1.165) is 39.0 Å². The summed E-state index contributed by atoms with van der Waals surface area (Å²) >= 11 is 0. The number of unbranched alkanes of at least 4 members (excludes halogenated alkanes) is 5. The highest BCUT2D eigenvalue weighted by molar-refractivity contribution is 5.79. The van der Waals surface area contributed by atoms with Crippen LogP contribution in [-0.2, 0) is 9.53 Å². The van der Waals surface area contributed by atoms with Gasteiger partial charge >= 0.3 is 5.97 Å². The Morgan fingerprint density at radius 1 is 0.964 bits per heavy atom. The standard InChI is InChI=1S/C23H42N2O3/c1-2-3-4-9-15-24-16-10-17-25-18-20-19(21-13-14-22(20)28-21)11-7-5-6-8-12-23(26)27/h8,12,19-22,24-25H,2-7,9-11,13-18H2,1H3,(H,26,27)/t19-,20+,21-,22+/m1/s1. The second kappa shape index (κ2) is 14.1. The van der Waals surface area contributed by atoms with Crippen molar-refractivity contribution in [3.63, 3.8) is 0 Å². The van der Waals surface area contributed by atoms with E-state index < -0.39 is 5.97 Å². The third-order valence-electron chi connectivity index (χ3n) is 6.30. The molecule has 0 aliphatic carbocycles. The van der Waals surface area contributed by atoms with Gasteiger partial charge in [-0.25, -0.2) is 4.79 Å². The molecule has 2 bridgehead atoms. The fourth-order valence-electron chi connectivity index (χ4n) is 4.79. The molecule has 3 N–H and O–H groups in total. The first-order chi connectivity index (χ1) is 13.7. The van der Waals surface area contributed by atoms with Gasteiger partial charge in [-0.05, 0) is 70.5 Å². The number of aliphatic carboxylic acids is 1. The van der Waals surface area contributed by atoms with Crippen LogP contribution in [0.1, 0.15) is 77.6 Å². The van der Waals surface area contributed by atoms with Gasteiger partial charge in [0, 0.05) is 18.5 Å². The fourth-order valence-corrected chi connectivity index (χ4v) is 4.79. The SMILES string of the molecule is CCCCCCNCCCNC[C@H]1[C@@H](CCCCC=CC(=O)O)[C@H]2CC[C@@H]1O2. The van der Waals surface area contributed by atoms with Gasteiger partial charge in [-0.1, -0.05) is 38.7 Å². The predicted molar refractivity (Wildman–Crippen MR) is 115 cm³/mol. The fraction of sp³-hybridized carbons (Fsp3) is 0.870. The monoisotopic (exact) mass is 394 g/mol. The molecule has 5 nitrogen and oxygen atoms in total. The highest BCUT2D eigenvalue weighted by Gasteiger charge is 2.47. The Morgan fingerprint density at radius 3 is 2.50 bits per heavy atom. The van der Waals surface area contributed by atoms with Crippen LogP contribution in [0.25, 0.3) is 0 Å². The minimum Gasteiger partial charge on any atom is -0.478 e. The zero-order valence-electron chi connectivity index (χ0n) is 17.8. The smallest absolute Gasteiger partial charge is 0.327 e. The molecule has 0 aromatic carbocycles. The number of hydrogen-bond acceptors (Lipinski definition) is 4. The lowest BCUT2D eigenvalue weighted by Gasteiger charge is -2.28. The van der Waals surface area contributed by atoms with Crippen molar-refractivity contribution >= 4 is 5.97 Å². The van der Waals surface area contributed by atoms with E-state index >= 15 is 0 Å². The number of nitrogens with one attached hydrogen (secondary N) is 2. The number of rotatable bonds is 17. The second-order valence-electron chi connectivity index (χ2n) is 8.51. The summed E-state index contributed by atoms with van der Waals surface area (Å²) in [6.45, 7) is 6.69. The molecular weight excluding hydrogens is 352 g/mol.